The lowest BCUT2D eigenvalue weighted by Crippen LogP contribution is -2.17. The van der Waals surface area contributed by atoms with Gasteiger partial charge < -0.3 is 14.6 Å². The molecule has 1 aromatic heterocycles. The fourth-order valence-corrected chi connectivity index (χ4v) is 3.11. The van der Waals surface area contributed by atoms with Crippen LogP contribution in [-0.4, -0.2) is 28.9 Å². The molecule has 1 saturated carbocycles. The number of ether oxygens (including phenoxy) is 1. The predicted octanol–water partition coefficient (Wildman–Crippen LogP) is 1.60. The van der Waals surface area contributed by atoms with Gasteiger partial charge in [0, 0.05) is 0 Å². The van der Waals surface area contributed by atoms with Crippen LogP contribution in [0.15, 0.2) is 4.52 Å². The normalized spacial score (nSPS) is 34.3. The van der Waals surface area contributed by atoms with Crippen molar-refractivity contribution in [1.82, 2.24) is 15.5 Å². The molecule has 2 saturated heterocycles. The summed E-state index contributed by atoms with van der Waals surface area (Å²) in [6, 6.07) is 0. The fraction of sp³-hybridized carbons (Fsp3) is 0.846. The maximum Gasteiger partial charge on any atom is 0.240 e. The molecule has 0 aromatic carbocycles. The summed E-state index contributed by atoms with van der Waals surface area (Å²) in [4.78, 5) is 4.51. The first-order chi connectivity index (χ1) is 8.88. The molecule has 3 fully saturated rings. The number of nitrogens with zero attached hydrogens (tertiary/aromatic N) is 2. The van der Waals surface area contributed by atoms with Crippen molar-refractivity contribution in [3.63, 3.8) is 0 Å². The zero-order valence-electron chi connectivity index (χ0n) is 10.5. The van der Waals surface area contributed by atoms with E-state index < -0.39 is 0 Å². The van der Waals surface area contributed by atoms with Crippen LogP contribution < -0.4 is 5.32 Å². The van der Waals surface area contributed by atoms with E-state index in [4.69, 9.17) is 9.26 Å². The summed E-state index contributed by atoms with van der Waals surface area (Å²) in [5, 5.41) is 7.50. The van der Waals surface area contributed by atoms with E-state index in [-0.39, 0.29) is 0 Å². The van der Waals surface area contributed by atoms with Gasteiger partial charge in [0.25, 0.3) is 0 Å². The molecule has 0 amide bonds. The molecule has 3 unspecified atom stereocenters. The average Bonchev–Trinajstić information content (AvgIpc) is 2.83. The van der Waals surface area contributed by atoms with E-state index in [9.17, 15) is 0 Å². The number of aromatic nitrogens is 2. The minimum atomic E-state index is 0.333. The van der Waals surface area contributed by atoms with Crippen LogP contribution in [0, 0.1) is 5.92 Å². The summed E-state index contributed by atoms with van der Waals surface area (Å²) in [5.41, 5.74) is 0. The minimum Gasteiger partial charge on any atom is -0.374 e. The molecule has 18 heavy (non-hydrogen) atoms. The highest BCUT2D eigenvalue weighted by Crippen LogP contribution is 2.43. The first kappa shape index (κ1) is 10.9. The molecular formula is C13H19N3O2. The molecule has 0 radical (unpaired) electrons. The third-order valence-electron chi connectivity index (χ3n) is 4.33. The summed E-state index contributed by atoms with van der Waals surface area (Å²) >= 11 is 0. The first-order valence-electron chi connectivity index (χ1n) is 7.07. The van der Waals surface area contributed by atoms with Crippen molar-refractivity contribution < 1.29 is 9.26 Å². The van der Waals surface area contributed by atoms with Crippen molar-refractivity contribution >= 4 is 0 Å². The molecule has 1 N–H and O–H groups in total. The summed E-state index contributed by atoms with van der Waals surface area (Å²) in [6.45, 7) is 1.78. The van der Waals surface area contributed by atoms with Crippen LogP contribution in [0.1, 0.15) is 49.7 Å². The van der Waals surface area contributed by atoms with Gasteiger partial charge in [0.1, 0.15) is 0 Å². The van der Waals surface area contributed by atoms with E-state index in [0.717, 1.165) is 31.1 Å². The maximum atomic E-state index is 5.83. The molecule has 3 heterocycles. The molecule has 4 rings (SSSR count). The van der Waals surface area contributed by atoms with Crippen LogP contribution in [0.5, 0.6) is 0 Å². The molecule has 2 aliphatic heterocycles. The van der Waals surface area contributed by atoms with E-state index >= 15 is 0 Å². The monoisotopic (exact) mass is 249 g/mol. The number of hydrogen-bond donors (Lipinski definition) is 1. The Balaban J connectivity index is 1.36. The molecule has 5 nitrogen and oxygen atoms in total. The molecule has 98 valence electrons. The highest BCUT2D eigenvalue weighted by molar-refractivity contribution is 5.06. The molecule has 3 aliphatic rings. The Morgan fingerprint density at radius 2 is 2.17 bits per heavy atom. The lowest BCUT2D eigenvalue weighted by atomic mass is 9.89. The van der Waals surface area contributed by atoms with E-state index in [2.05, 4.69) is 15.5 Å². The van der Waals surface area contributed by atoms with Crippen molar-refractivity contribution in [3.8, 4) is 0 Å². The molecule has 2 bridgehead atoms. The van der Waals surface area contributed by atoms with Gasteiger partial charge in [-0.05, 0) is 44.6 Å². The van der Waals surface area contributed by atoms with E-state index in [1.54, 1.807) is 0 Å². The number of nitrogens with one attached hydrogen (secondary N) is 1. The molecule has 3 atom stereocenters. The SMILES string of the molecule is C(NCC1CC1)c1nc(C2CC3CCC2O3)no1. The van der Waals surface area contributed by atoms with Crippen LogP contribution in [0.2, 0.25) is 0 Å². The zero-order chi connectivity index (χ0) is 11.9. The highest BCUT2D eigenvalue weighted by Gasteiger charge is 2.43. The molecule has 5 heteroatoms. The van der Waals surface area contributed by atoms with Gasteiger partial charge in [0.15, 0.2) is 5.82 Å². The lowest BCUT2D eigenvalue weighted by Gasteiger charge is -2.13. The van der Waals surface area contributed by atoms with Gasteiger partial charge in [-0.2, -0.15) is 4.98 Å². The van der Waals surface area contributed by atoms with Gasteiger partial charge in [-0.25, -0.2) is 0 Å². The number of fused-ring (bicyclic) bond motifs is 2. The van der Waals surface area contributed by atoms with Gasteiger partial charge in [0.05, 0.1) is 24.7 Å². The predicted molar refractivity (Wildman–Crippen MR) is 64.0 cm³/mol. The van der Waals surface area contributed by atoms with Crippen molar-refractivity contribution in [3.05, 3.63) is 11.7 Å². The van der Waals surface area contributed by atoms with Crippen molar-refractivity contribution in [2.75, 3.05) is 6.54 Å². The lowest BCUT2D eigenvalue weighted by molar-refractivity contribution is 0.0996. The Labute approximate surface area is 106 Å². The summed E-state index contributed by atoms with van der Waals surface area (Å²) in [5.74, 6) is 2.81. The second-order valence-electron chi connectivity index (χ2n) is 5.84. The molecule has 1 aromatic rings. The minimum absolute atomic E-state index is 0.333. The van der Waals surface area contributed by atoms with E-state index in [1.807, 2.05) is 0 Å². The standard InChI is InChI=1S/C13H19N3O2/c1-2-8(1)6-14-7-12-15-13(16-18-12)10-5-9-3-4-11(10)17-9/h8-11,14H,1-7H2. The fourth-order valence-electron chi connectivity index (χ4n) is 3.11. The molecule has 1 aliphatic carbocycles. The van der Waals surface area contributed by atoms with Crippen LogP contribution in [0.3, 0.4) is 0 Å². The number of hydrogen-bond acceptors (Lipinski definition) is 5. The van der Waals surface area contributed by atoms with Crippen LogP contribution in [0.25, 0.3) is 0 Å². The third-order valence-corrected chi connectivity index (χ3v) is 4.33. The highest BCUT2D eigenvalue weighted by atomic mass is 16.5. The second-order valence-corrected chi connectivity index (χ2v) is 5.84. The van der Waals surface area contributed by atoms with Crippen molar-refractivity contribution in [1.29, 1.82) is 0 Å². The molecule has 0 spiro atoms. The smallest absolute Gasteiger partial charge is 0.240 e. The van der Waals surface area contributed by atoms with E-state index in [0.29, 0.717) is 30.6 Å². The van der Waals surface area contributed by atoms with E-state index in [1.165, 1.54) is 19.3 Å². The van der Waals surface area contributed by atoms with Gasteiger partial charge in [-0.1, -0.05) is 5.16 Å². The third kappa shape index (κ3) is 2.06. The topological polar surface area (TPSA) is 60.2 Å². The van der Waals surface area contributed by atoms with Gasteiger partial charge >= 0.3 is 0 Å². The van der Waals surface area contributed by atoms with Crippen LogP contribution in [-0.2, 0) is 11.3 Å². The van der Waals surface area contributed by atoms with Gasteiger partial charge in [-0.15, -0.1) is 0 Å². The Morgan fingerprint density at radius 3 is 2.89 bits per heavy atom. The summed E-state index contributed by atoms with van der Waals surface area (Å²) in [7, 11) is 0. The Bertz CT molecular complexity index is 430. The maximum absolute atomic E-state index is 5.83. The Kier molecular flexibility index (Phi) is 2.62. The van der Waals surface area contributed by atoms with Gasteiger partial charge in [-0.3, -0.25) is 0 Å². The van der Waals surface area contributed by atoms with Crippen LogP contribution >= 0.6 is 0 Å². The number of rotatable bonds is 5. The first-order valence-corrected chi connectivity index (χ1v) is 7.07. The average molecular weight is 249 g/mol. The quantitative estimate of drug-likeness (QED) is 0.859. The van der Waals surface area contributed by atoms with Crippen LogP contribution in [0.4, 0.5) is 0 Å². The van der Waals surface area contributed by atoms with Gasteiger partial charge in [0.2, 0.25) is 5.89 Å². The summed E-state index contributed by atoms with van der Waals surface area (Å²) < 4.78 is 11.1. The second kappa shape index (κ2) is 4.31. The molecular weight excluding hydrogens is 230 g/mol. The summed E-state index contributed by atoms with van der Waals surface area (Å²) in [6.07, 6.45) is 6.93. The van der Waals surface area contributed by atoms with Crippen molar-refractivity contribution in [2.45, 2.75) is 56.8 Å². The zero-order valence-corrected chi connectivity index (χ0v) is 10.5. The Hall–Kier alpha value is -0.940. The Morgan fingerprint density at radius 1 is 1.22 bits per heavy atom. The van der Waals surface area contributed by atoms with Crippen molar-refractivity contribution in [2.24, 2.45) is 5.92 Å². The largest absolute Gasteiger partial charge is 0.374 e.